The molecular weight excluding hydrogens is 276 g/mol. The van der Waals surface area contributed by atoms with Crippen LogP contribution in [0.1, 0.15) is 38.5 Å². The van der Waals surface area contributed by atoms with E-state index in [0.717, 1.165) is 45.3 Å². The van der Waals surface area contributed by atoms with Crippen molar-refractivity contribution in [3.05, 3.63) is 0 Å². The highest BCUT2D eigenvalue weighted by atomic mass is 16.1. The van der Waals surface area contributed by atoms with Crippen LogP contribution >= 0.6 is 0 Å². The van der Waals surface area contributed by atoms with Crippen LogP contribution in [0.25, 0.3) is 0 Å². The highest BCUT2D eigenvalue weighted by Gasteiger charge is 2.26. The first-order chi connectivity index (χ1) is 10.5. The molecule has 128 valence electrons. The second-order valence-corrected chi connectivity index (χ2v) is 7.46. The van der Waals surface area contributed by atoms with Crippen molar-refractivity contribution in [3.8, 4) is 0 Å². The fourth-order valence-electron chi connectivity index (χ4n) is 3.61. The van der Waals surface area contributed by atoms with Gasteiger partial charge in [0.15, 0.2) is 0 Å². The molecule has 2 atom stereocenters. The Hall–Kier alpha value is -0.650. The normalized spacial score (nSPS) is 28.0. The van der Waals surface area contributed by atoms with E-state index in [1.807, 2.05) is 0 Å². The van der Waals surface area contributed by atoms with Crippen molar-refractivity contribution < 1.29 is 4.79 Å². The van der Waals surface area contributed by atoms with Crippen LogP contribution in [0.5, 0.6) is 0 Å². The van der Waals surface area contributed by atoms with Crippen molar-refractivity contribution in [2.45, 2.75) is 44.6 Å². The van der Waals surface area contributed by atoms with E-state index in [1.54, 1.807) is 0 Å². The van der Waals surface area contributed by atoms with Gasteiger partial charge in [-0.25, -0.2) is 0 Å². The molecule has 1 aliphatic heterocycles. The van der Waals surface area contributed by atoms with Crippen LogP contribution in [0.4, 0.5) is 0 Å². The second kappa shape index (κ2) is 8.85. The standard InChI is InChI=1S/C17H34N4O/c1-20(2)10-11-21-8-6-14(7-9-21)13-19-17(22)15-4-3-5-16(18)12-15/h14-16H,3-13,18H2,1-2H3,(H,19,22). The average molecular weight is 310 g/mol. The smallest absolute Gasteiger partial charge is 0.223 e. The van der Waals surface area contributed by atoms with Gasteiger partial charge in [-0.2, -0.15) is 0 Å². The van der Waals surface area contributed by atoms with Crippen molar-refractivity contribution in [1.29, 1.82) is 0 Å². The van der Waals surface area contributed by atoms with Gasteiger partial charge in [-0.3, -0.25) is 4.79 Å². The number of carbonyl (C=O) groups excluding carboxylic acids is 1. The maximum absolute atomic E-state index is 12.2. The molecule has 0 aromatic heterocycles. The number of nitrogens with one attached hydrogen (secondary N) is 1. The van der Waals surface area contributed by atoms with Crippen molar-refractivity contribution >= 4 is 5.91 Å². The fraction of sp³-hybridized carbons (Fsp3) is 0.941. The van der Waals surface area contributed by atoms with Crippen LogP contribution in [0.2, 0.25) is 0 Å². The summed E-state index contributed by atoms with van der Waals surface area (Å²) in [5, 5.41) is 3.19. The molecule has 1 saturated carbocycles. The van der Waals surface area contributed by atoms with E-state index in [2.05, 4.69) is 29.2 Å². The predicted octanol–water partition coefficient (Wildman–Crippen LogP) is 0.894. The number of nitrogens with zero attached hydrogens (tertiary/aromatic N) is 2. The summed E-state index contributed by atoms with van der Waals surface area (Å²) in [6, 6.07) is 0.226. The van der Waals surface area contributed by atoms with Crippen LogP contribution in [0.3, 0.4) is 0 Å². The first-order valence-corrected chi connectivity index (χ1v) is 8.95. The minimum atomic E-state index is 0.156. The van der Waals surface area contributed by atoms with E-state index in [4.69, 9.17) is 5.73 Å². The highest BCUT2D eigenvalue weighted by molar-refractivity contribution is 5.78. The molecule has 22 heavy (non-hydrogen) atoms. The molecule has 0 bridgehead atoms. The number of rotatable bonds is 6. The van der Waals surface area contributed by atoms with Gasteiger partial charge in [0.2, 0.25) is 5.91 Å². The van der Waals surface area contributed by atoms with Gasteiger partial charge in [0.05, 0.1) is 0 Å². The van der Waals surface area contributed by atoms with Gasteiger partial charge < -0.3 is 20.9 Å². The maximum Gasteiger partial charge on any atom is 0.223 e. The Morgan fingerprint density at radius 2 is 1.95 bits per heavy atom. The highest BCUT2D eigenvalue weighted by Crippen LogP contribution is 2.23. The van der Waals surface area contributed by atoms with Crippen molar-refractivity contribution in [2.75, 3.05) is 46.8 Å². The van der Waals surface area contributed by atoms with Crippen molar-refractivity contribution in [3.63, 3.8) is 0 Å². The largest absolute Gasteiger partial charge is 0.356 e. The lowest BCUT2D eigenvalue weighted by Gasteiger charge is -2.33. The molecule has 2 aliphatic rings. The first-order valence-electron chi connectivity index (χ1n) is 8.95. The minimum absolute atomic E-state index is 0.156. The Labute approximate surface area is 135 Å². The molecule has 0 radical (unpaired) electrons. The zero-order valence-electron chi connectivity index (χ0n) is 14.4. The zero-order valence-corrected chi connectivity index (χ0v) is 14.4. The summed E-state index contributed by atoms with van der Waals surface area (Å²) in [6.07, 6.45) is 6.48. The lowest BCUT2D eigenvalue weighted by atomic mass is 9.85. The molecule has 2 unspecified atom stereocenters. The summed E-state index contributed by atoms with van der Waals surface area (Å²) in [6.45, 7) is 5.48. The Bertz CT molecular complexity index is 340. The Balaban J connectivity index is 1.61. The molecular formula is C17H34N4O. The van der Waals surface area contributed by atoms with Gasteiger partial charge in [-0.05, 0) is 65.2 Å². The van der Waals surface area contributed by atoms with Gasteiger partial charge in [0.25, 0.3) is 0 Å². The lowest BCUT2D eigenvalue weighted by Crippen LogP contribution is -2.43. The fourth-order valence-corrected chi connectivity index (χ4v) is 3.61. The number of piperidine rings is 1. The van der Waals surface area contributed by atoms with E-state index >= 15 is 0 Å². The SMILES string of the molecule is CN(C)CCN1CCC(CNC(=O)C2CCCC(N)C2)CC1. The maximum atomic E-state index is 12.2. The zero-order chi connectivity index (χ0) is 15.9. The van der Waals surface area contributed by atoms with Crippen LogP contribution < -0.4 is 11.1 Å². The van der Waals surface area contributed by atoms with Gasteiger partial charge in [0, 0.05) is 31.6 Å². The number of likely N-dealkylation sites (N-methyl/N-ethyl adjacent to an activating group) is 1. The number of nitrogens with two attached hydrogens (primary N) is 1. The first kappa shape index (κ1) is 17.7. The topological polar surface area (TPSA) is 61.6 Å². The van der Waals surface area contributed by atoms with Gasteiger partial charge >= 0.3 is 0 Å². The van der Waals surface area contributed by atoms with E-state index in [0.29, 0.717) is 5.92 Å². The van der Waals surface area contributed by atoms with Crippen LogP contribution in [-0.4, -0.2) is 68.6 Å². The molecule has 2 rings (SSSR count). The molecule has 1 aliphatic carbocycles. The van der Waals surface area contributed by atoms with Crippen molar-refractivity contribution in [1.82, 2.24) is 15.1 Å². The number of hydrogen-bond acceptors (Lipinski definition) is 4. The van der Waals surface area contributed by atoms with E-state index in [9.17, 15) is 4.79 Å². The number of likely N-dealkylation sites (tertiary alicyclic amines) is 1. The third kappa shape index (κ3) is 5.86. The predicted molar refractivity (Wildman–Crippen MR) is 90.7 cm³/mol. The van der Waals surface area contributed by atoms with E-state index in [-0.39, 0.29) is 17.9 Å². The second-order valence-electron chi connectivity index (χ2n) is 7.46. The summed E-state index contributed by atoms with van der Waals surface area (Å²) in [4.78, 5) is 17.0. The Kier molecular flexibility index (Phi) is 7.12. The molecule has 1 saturated heterocycles. The summed E-state index contributed by atoms with van der Waals surface area (Å²) < 4.78 is 0. The van der Waals surface area contributed by atoms with Gasteiger partial charge in [-0.15, -0.1) is 0 Å². The monoisotopic (exact) mass is 310 g/mol. The molecule has 0 aromatic rings. The van der Waals surface area contributed by atoms with E-state index < -0.39 is 0 Å². The summed E-state index contributed by atoms with van der Waals surface area (Å²) in [5.41, 5.74) is 5.98. The van der Waals surface area contributed by atoms with Crippen LogP contribution in [0, 0.1) is 11.8 Å². The van der Waals surface area contributed by atoms with Crippen LogP contribution in [-0.2, 0) is 4.79 Å². The Morgan fingerprint density at radius 3 is 2.59 bits per heavy atom. The quantitative estimate of drug-likeness (QED) is 0.765. The Morgan fingerprint density at radius 1 is 1.23 bits per heavy atom. The molecule has 0 aromatic carbocycles. The minimum Gasteiger partial charge on any atom is -0.356 e. The molecule has 1 amide bonds. The average Bonchev–Trinajstić information content (AvgIpc) is 2.51. The number of carbonyl (C=O) groups is 1. The third-order valence-corrected chi connectivity index (χ3v) is 5.22. The van der Waals surface area contributed by atoms with Gasteiger partial charge in [-0.1, -0.05) is 6.42 Å². The van der Waals surface area contributed by atoms with Crippen LogP contribution in [0.15, 0.2) is 0 Å². The number of hydrogen-bond donors (Lipinski definition) is 2. The summed E-state index contributed by atoms with van der Waals surface area (Å²) >= 11 is 0. The molecule has 5 heteroatoms. The lowest BCUT2D eigenvalue weighted by molar-refractivity contribution is -0.126. The number of amides is 1. The molecule has 5 nitrogen and oxygen atoms in total. The van der Waals surface area contributed by atoms with Gasteiger partial charge in [0.1, 0.15) is 0 Å². The van der Waals surface area contributed by atoms with E-state index in [1.165, 1.54) is 25.9 Å². The molecule has 2 fully saturated rings. The molecule has 1 heterocycles. The van der Waals surface area contributed by atoms with Crippen molar-refractivity contribution in [2.24, 2.45) is 17.6 Å². The molecule has 3 N–H and O–H groups in total. The molecule has 0 spiro atoms. The summed E-state index contributed by atoms with van der Waals surface area (Å²) in [5.74, 6) is 1.05. The summed E-state index contributed by atoms with van der Waals surface area (Å²) in [7, 11) is 4.25. The third-order valence-electron chi connectivity index (χ3n) is 5.22.